The summed E-state index contributed by atoms with van der Waals surface area (Å²) in [7, 11) is 0. The molecule has 0 radical (unpaired) electrons. The lowest BCUT2D eigenvalue weighted by Gasteiger charge is -2.05. The fourth-order valence-corrected chi connectivity index (χ4v) is 4.04. The fraction of sp³-hybridized carbons (Fsp3) is 0. The van der Waals surface area contributed by atoms with E-state index in [1.54, 1.807) is 12.1 Å². The smallest absolute Gasteiger partial charge is 0.234 e. The van der Waals surface area contributed by atoms with Gasteiger partial charge in [-0.3, -0.25) is 9.59 Å². The molecular formula is C20H10O3S. The SMILES string of the molecule is O=c1c2oc=2c(=O)c2c(Sc3ccc4ccccc4c3)cccc12. The maximum absolute atomic E-state index is 12.5. The summed E-state index contributed by atoms with van der Waals surface area (Å²) in [6.45, 7) is 0. The second-order valence-corrected chi connectivity index (χ2v) is 6.82. The highest BCUT2D eigenvalue weighted by Crippen LogP contribution is 2.33. The highest BCUT2D eigenvalue weighted by molar-refractivity contribution is 7.99. The predicted molar refractivity (Wildman–Crippen MR) is 94.5 cm³/mol. The number of benzene rings is 3. The summed E-state index contributed by atoms with van der Waals surface area (Å²) in [6.07, 6.45) is 0. The van der Waals surface area contributed by atoms with E-state index in [1.807, 2.05) is 24.3 Å². The van der Waals surface area contributed by atoms with Crippen LogP contribution in [0.2, 0.25) is 0 Å². The van der Waals surface area contributed by atoms with Crippen molar-refractivity contribution in [1.82, 2.24) is 0 Å². The van der Waals surface area contributed by atoms with Gasteiger partial charge in [-0.2, -0.15) is 0 Å². The Morgan fingerprint density at radius 2 is 1.54 bits per heavy atom. The van der Waals surface area contributed by atoms with E-state index in [-0.39, 0.29) is 21.7 Å². The van der Waals surface area contributed by atoms with E-state index >= 15 is 0 Å². The first-order valence-electron chi connectivity index (χ1n) is 7.53. The van der Waals surface area contributed by atoms with Gasteiger partial charge in [0.2, 0.25) is 21.7 Å². The van der Waals surface area contributed by atoms with Crippen molar-refractivity contribution in [1.29, 1.82) is 0 Å². The molecule has 0 spiro atoms. The summed E-state index contributed by atoms with van der Waals surface area (Å²) < 4.78 is 5.07. The van der Waals surface area contributed by atoms with Gasteiger partial charge in [-0.1, -0.05) is 54.2 Å². The van der Waals surface area contributed by atoms with E-state index in [0.717, 1.165) is 15.2 Å². The third kappa shape index (κ3) is 1.93. The summed E-state index contributed by atoms with van der Waals surface area (Å²) in [5, 5.41) is 3.20. The first kappa shape index (κ1) is 13.6. The summed E-state index contributed by atoms with van der Waals surface area (Å²) in [5.41, 5.74) is 0.0310. The number of hydrogen-bond acceptors (Lipinski definition) is 4. The molecule has 0 bridgehead atoms. The van der Waals surface area contributed by atoms with E-state index < -0.39 is 0 Å². The molecule has 3 nitrogen and oxygen atoms in total. The third-order valence-corrected chi connectivity index (χ3v) is 5.28. The molecule has 0 saturated carbocycles. The van der Waals surface area contributed by atoms with Crippen molar-refractivity contribution >= 4 is 33.3 Å². The Balaban J connectivity index is 1.72. The second kappa shape index (κ2) is 4.82. The topological polar surface area (TPSA) is 47.3 Å². The van der Waals surface area contributed by atoms with Gasteiger partial charge in [-0.25, -0.2) is 0 Å². The molecule has 0 N–H and O–H groups in total. The van der Waals surface area contributed by atoms with Crippen molar-refractivity contribution < 1.29 is 4.42 Å². The Kier molecular flexibility index (Phi) is 2.73. The van der Waals surface area contributed by atoms with Gasteiger partial charge in [0.05, 0.1) is 5.39 Å². The van der Waals surface area contributed by atoms with Gasteiger partial charge < -0.3 is 4.42 Å². The van der Waals surface area contributed by atoms with Gasteiger partial charge in [0.25, 0.3) is 0 Å². The maximum atomic E-state index is 12.5. The Bertz CT molecular complexity index is 1370. The Hall–Kier alpha value is -2.85. The van der Waals surface area contributed by atoms with Crippen molar-refractivity contribution in [3.8, 4) is 0 Å². The molecule has 0 atom stereocenters. The van der Waals surface area contributed by atoms with Crippen LogP contribution in [0.5, 0.6) is 0 Å². The van der Waals surface area contributed by atoms with E-state index in [4.69, 9.17) is 4.42 Å². The molecule has 0 amide bonds. The normalized spacial score (nSPS) is 11.8. The largest absolute Gasteiger partial charge is 0.441 e. The molecule has 1 heterocycles. The van der Waals surface area contributed by atoms with Crippen LogP contribution in [0.1, 0.15) is 0 Å². The molecule has 0 aromatic heterocycles. The second-order valence-electron chi connectivity index (χ2n) is 5.71. The molecular weight excluding hydrogens is 320 g/mol. The molecule has 0 unspecified atom stereocenters. The lowest BCUT2D eigenvalue weighted by molar-refractivity contribution is 0.636. The Morgan fingerprint density at radius 1 is 0.750 bits per heavy atom. The zero-order valence-corrected chi connectivity index (χ0v) is 13.2. The van der Waals surface area contributed by atoms with Gasteiger partial charge in [0.15, 0.2) is 0 Å². The van der Waals surface area contributed by atoms with Crippen LogP contribution in [-0.2, 0) is 0 Å². The predicted octanol–water partition coefficient (Wildman–Crippen LogP) is 4.06. The summed E-state index contributed by atoms with van der Waals surface area (Å²) in [5.74, 6) is 0. The van der Waals surface area contributed by atoms with Crippen molar-refractivity contribution in [3.05, 3.63) is 91.9 Å². The van der Waals surface area contributed by atoms with Crippen LogP contribution in [0.3, 0.4) is 0 Å². The van der Waals surface area contributed by atoms with Crippen LogP contribution < -0.4 is 10.9 Å². The molecule has 114 valence electrons. The van der Waals surface area contributed by atoms with Gasteiger partial charge in [-0.15, -0.1) is 0 Å². The lowest BCUT2D eigenvalue weighted by Crippen LogP contribution is -2.09. The Morgan fingerprint density at radius 3 is 2.42 bits per heavy atom. The molecule has 5 rings (SSSR count). The van der Waals surface area contributed by atoms with Crippen LogP contribution >= 0.6 is 11.8 Å². The molecule has 3 aromatic rings. The first-order chi connectivity index (χ1) is 11.7. The number of fused-ring (bicyclic) bond motifs is 2. The minimum absolute atomic E-state index is 0.191. The number of hydrogen-bond donors (Lipinski definition) is 0. The monoisotopic (exact) mass is 330 g/mol. The summed E-state index contributed by atoms with van der Waals surface area (Å²) in [6, 6.07) is 19.7. The van der Waals surface area contributed by atoms with E-state index in [2.05, 4.69) is 24.3 Å². The first-order valence-corrected chi connectivity index (χ1v) is 8.35. The molecule has 0 fully saturated rings. The summed E-state index contributed by atoms with van der Waals surface area (Å²) >= 11 is 1.49. The summed E-state index contributed by atoms with van der Waals surface area (Å²) in [4.78, 5) is 26.5. The van der Waals surface area contributed by atoms with Gasteiger partial charge >= 0.3 is 0 Å². The van der Waals surface area contributed by atoms with Crippen molar-refractivity contribution in [2.45, 2.75) is 9.79 Å². The van der Waals surface area contributed by atoms with Crippen molar-refractivity contribution in [3.63, 3.8) is 0 Å². The zero-order valence-electron chi connectivity index (χ0n) is 12.4. The highest BCUT2D eigenvalue weighted by Gasteiger charge is 2.19. The molecule has 2 aliphatic rings. The van der Waals surface area contributed by atoms with Gasteiger partial charge in [0.1, 0.15) is 0 Å². The van der Waals surface area contributed by atoms with E-state index in [1.165, 1.54) is 17.1 Å². The van der Waals surface area contributed by atoms with Crippen LogP contribution in [0.25, 0.3) is 21.5 Å². The quantitative estimate of drug-likeness (QED) is 0.490. The molecule has 3 aromatic carbocycles. The minimum atomic E-state index is -0.194. The van der Waals surface area contributed by atoms with Crippen molar-refractivity contribution in [2.75, 3.05) is 0 Å². The minimum Gasteiger partial charge on any atom is -0.441 e. The average Bonchev–Trinajstić information content (AvgIpc) is 3.41. The van der Waals surface area contributed by atoms with Gasteiger partial charge in [0, 0.05) is 15.2 Å². The van der Waals surface area contributed by atoms with E-state index in [0.29, 0.717) is 10.8 Å². The van der Waals surface area contributed by atoms with Gasteiger partial charge in [-0.05, 0) is 29.0 Å². The third-order valence-electron chi connectivity index (χ3n) is 4.23. The van der Waals surface area contributed by atoms with E-state index in [9.17, 15) is 9.59 Å². The van der Waals surface area contributed by atoms with Crippen LogP contribution in [0.15, 0.2) is 84.5 Å². The zero-order chi connectivity index (χ0) is 16.3. The van der Waals surface area contributed by atoms with Crippen LogP contribution in [0, 0.1) is 10.8 Å². The standard InChI is InChI=1S/C20H10O3S/c21-17-14-6-3-7-15(16(14)18(22)20-19(17)23-20)24-13-9-8-11-4-1-2-5-12(11)10-13/h1-10H. The average molecular weight is 330 g/mol. The fourth-order valence-electron chi connectivity index (χ4n) is 3.01. The molecule has 0 saturated heterocycles. The Labute approximate surface area is 139 Å². The maximum Gasteiger partial charge on any atom is 0.234 e. The lowest BCUT2D eigenvalue weighted by atomic mass is 10.1. The number of rotatable bonds is 2. The molecule has 24 heavy (non-hydrogen) atoms. The molecule has 1 aliphatic heterocycles. The molecule has 4 heteroatoms. The molecule has 1 aliphatic carbocycles. The van der Waals surface area contributed by atoms with Crippen LogP contribution in [0.4, 0.5) is 0 Å². The van der Waals surface area contributed by atoms with Crippen molar-refractivity contribution in [2.24, 2.45) is 0 Å². The van der Waals surface area contributed by atoms with Crippen LogP contribution in [-0.4, -0.2) is 0 Å². The highest BCUT2D eigenvalue weighted by atomic mass is 32.2.